The lowest BCUT2D eigenvalue weighted by Crippen LogP contribution is -2.17. The monoisotopic (exact) mass is 250 g/mol. The summed E-state index contributed by atoms with van der Waals surface area (Å²) in [5.41, 5.74) is 0.181. The second-order valence-electron chi connectivity index (χ2n) is 2.84. The van der Waals surface area contributed by atoms with Gasteiger partial charge in [-0.1, -0.05) is 18.2 Å². The van der Waals surface area contributed by atoms with Gasteiger partial charge in [0.05, 0.1) is 0 Å². The fourth-order valence-electron chi connectivity index (χ4n) is 0.976. The zero-order chi connectivity index (χ0) is 12.7. The molecule has 1 amide bonds. The van der Waals surface area contributed by atoms with Crippen LogP contribution in [-0.2, 0) is 16.1 Å². The first-order valence-electron chi connectivity index (χ1n) is 4.45. The predicted molar refractivity (Wildman–Crippen MR) is 60.8 cm³/mol. The number of nitrogens with zero attached hydrogens (tertiary/aromatic N) is 1. The third-order valence-corrected chi connectivity index (χ3v) is 2.01. The van der Waals surface area contributed by atoms with Crippen LogP contribution >= 0.6 is 0 Å². The van der Waals surface area contributed by atoms with Gasteiger partial charge in [-0.25, -0.2) is 0 Å². The van der Waals surface area contributed by atoms with Gasteiger partial charge in [0.1, 0.15) is 11.6 Å². The number of nitrogens with one attached hydrogen (secondary N) is 2. The summed E-state index contributed by atoms with van der Waals surface area (Å²) >= 11 is -2.56. The molecule has 0 saturated heterocycles. The minimum atomic E-state index is -2.56. The summed E-state index contributed by atoms with van der Waals surface area (Å²) in [5.74, 6) is -0.684. The van der Waals surface area contributed by atoms with E-state index in [9.17, 15) is 13.6 Å². The summed E-state index contributed by atoms with van der Waals surface area (Å²) < 4.78 is 22.2. The summed E-state index contributed by atoms with van der Waals surface area (Å²) in [4.78, 5) is 11.5. The third-order valence-electron chi connectivity index (χ3n) is 1.70. The molecule has 88 valence electrons. The van der Waals surface area contributed by atoms with E-state index in [1.54, 1.807) is 36.4 Å². The molecule has 1 aromatic carbocycles. The average Bonchev–Trinajstić information content (AvgIpc) is 2.30. The van der Waals surface area contributed by atoms with Crippen LogP contribution in [0.25, 0.3) is 0 Å². The minimum Gasteiger partial charge on any atom is -0.755 e. The maximum Gasteiger partial charge on any atom is 0.267 e. The van der Waals surface area contributed by atoms with Gasteiger partial charge in [-0.15, -0.1) is 0 Å². The highest BCUT2D eigenvalue weighted by molar-refractivity contribution is 7.77. The number of carbonyl (C=O) groups is 1. The molecule has 6 nitrogen and oxygen atoms in total. The Bertz CT molecular complexity index is 493. The molecule has 0 radical (unpaired) electrons. The van der Waals surface area contributed by atoms with Gasteiger partial charge in [0, 0.05) is 23.2 Å². The van der Waals surface area contributed by atoms with Gasteiger partial charge < -0.3 is 14.6 Å². The van der Waals surface area contributed by atoms with Gasteiger partial charge in [-0.3, -0.25) is 9.00 Å². The molecule has 2 N–H and O–H groups in total. The molecule has 1 aromatic rings. The Morgan fingerprint density at radius 1 is 1.41 bits per heavy atom. The molecule has 0 heterocycles. The fourth-order valence-corrected chi connectivity index (χ4v) is 1.19. The smallest absolute Gasteiger partial charge is 0.267 e. The van der Waals surface area contributed by atoms with Crippen LogP contribution in [0.3, 0.4) is 0 Å². The van der Waals surface area contributed by atoms with E-state index in [4.69, 9.17) is 5.26 Å². The van der Waals surface area contributed by atoms with Gasteiger partial charge in [0.25, 0.3) is 5.91 Å². The van der Waals surface area contributed by atoms with E-state index in [2.05, 4.69) is 5.32 Å². The lowest BCUT2D eigenvalue weighted by molar-refractivity contribution is -0.112. The van der Waals surface area contributed by atoms with Crippen LogP contribution in [-0.4, -0.2) is 14.7 Å². The SMILES string of the molecule is N#CC(=CNS(=O)[O-])C(=O)Nc1ccccc1. The highest BCUT2D eigenvalue weighted by Crippen LogP contribution is 2.06. The lowest BCUT2D eigenvalue weighted by Gasteiger charge is -2.05. The Hall–Kier alpha value is -2.17. The first-order chi connectivity index (χ1) is 8.13. The van der Waals surface area contributed by atoms with Crippen molar-refractivity contribution in [3.63, 3.8) is 0 Å². The highest BCUT2D eigenvalue weighted by Gasteiger charge is 2.08. The number of carbonyl (C=O) groups excluding carboxylic acids is 1. The summed E-state index contributed by atoms with van der Waals surface area (Å²) in [6, 6.07) is 10.1. The molecule has 0 aromatic heterocycles. The number of rotatable bonds is 4. The lowest BCUT2D eigenvalue weighted by atomic mass is 10.2. The maximum atomic E-state index is 11.5. The molecule has 0 saturated carbocycles. The molecule has 17 heavy (non-hydrogen) atoms. The second-order valence-corrected chi connectivity index (χ2v) is 3.55. The van der Waals surface area contributed by atoms with E-state index in [1.165, 1.54) is 0 Å². The maximum absolute atomic E-state index is 11.5. The van der Waals surface area contributed by atoms with Gasteiger partial charge in [0.15, 0.2) is 0 Å². The van der Waals surface area contributed by atoms with Gasteiger partial charge in [-0.05, 0) is 12.1 Å². The van der Waals surface area contributed by atoms with E-state index in [-0.39, 0.29) is 5.57 Å². The van der Waals surface area contributed by atoms with Crippen molar-refractivity contribution < 1.29 is 13.6 Å². The molecule has 7 heteroatoms. The molecule has 0 fully saturated rings. The van der Waals surface area contributed by atoms with Crippen molar-refractivity contribution >= 4 is 22.9 Å². The minimum absolute atomic E-state index is 0.335. The van der Waals surface area contributed by atoms with Gasteiger partial charge in [0.2, 0.25) is 0 Å². The molecule has 0 bridgehead atoms. The molecule has 0 aliphatic heterocycles. The second kappa shape index (κ2) is 6.42. The molecule has 0 aliphatic carbocycles. The molecule has 0 spiro atoms. The highest BCUT2D eigenvalue weighted by atomic mass is 32.2. The normalized spacial score (nSPS) is 12.4. The summed E-state index contributed by atoms with van der Waals surface area (Å²) in [5, 5.41) is 11.1. The number of benzene rings is 1. The first-order valence-corrected chi connectivity index (χ1v) is 5.53. The Morgan fingerprint density at radius 3 is 2.59 bits per heavy atom. The van der Waals surface area contributed by atoms with E-state index in [0.29, 0.717) is 5.69 Å². The van der Waals surface area contributed by atoms with E-state index >= 15 is 0 Å². The van der Waals surface area contributed by atoms with Crippen molar-refractivity contribution in [2.75, 3.05) is 5.32 Å². The Morgan fingerprint density at radius 2 is 2.06 bits per heavy atom. The molecule has 1 rings (SSSR count). The number of anilines is 1. The standard InChI is InChI=1S/C10H9N3O3S/c11-6-8(7-12-17(15)16)10(14)13-9-4-2-1-3-5-9/h1-5,7,12H,(H,13,14)(H,15,16)/p-1. The van der Waals surface area contributed by atoms with Crippen LogP contribution in [0.5, 0.6) is 0 Å². The van der Waals surface area contributed by atoms with Crippen molar-refractivity contribution in [3.8, 4) is 6.07 Å². The summed E-state index contributed by atoms with van der Waals surface area (Å²) in [7, 11) is 0. The molecule has 1 atom stereocenters. The van der Waals surface area contributed by atoms with Crippen LogP contribution in [0.15, 0.2) is 42.1 Å². The number of para-hydroxylation sites is 1. The van der Waals surface area contributed by atoms with Crippen LogP contribution in [0.2, 0.25) is 0 Å². The van der Waals surface area contributed by atoms with Crippen LogP contribution in [0.4, 0.5) is 5.69 Å². The molecule has 0 aliphatic rings. The Labute approximate surface area is 100 Å². The predicted octanol–water partition coefficient (Wildman–Crippen LogP) is 0.416. The number of hydrogen-bond acceptors (Lipinski definition) is 4. The van der Waals surface area contributed by atoms with Crippen LogP contribution in [0.1, 0.15) is 0 Å². The van der Waals surface area contributed by atoms with E-state index in [1.807, 2.05) is 4.72 Å². The van der Waals surface area contributed by atoms with Gasteiger partial charge >= 0.3 is 0 Å². The van der Waals surface area contributed by atoms with Crippen LogP contribution in [0, 0.1) is 11.3 Å². The van der Waals surface area contributed by atoms with Crippen molar-refractivity contribution in [1.82, 2.24) is 4.72 Å². The number of amides is 1. The zero-order valence-corrected chi connectivity index (χ0v) is 9.36. The van der Waals surface area contributed by atoms with E-state index < -0.39 is 17.2 Å². The average molecular weight is 250 g/mol. The topological polar surface area (TPSA) is 105 Å². The zero-order valence-electron chi connectivity index (χ0n) is 8.54. The van der Waals surface area contributed by atoms with Crippen LogP contribution < -0.4 is 10.0 Å². The van der Waals surface area contributed by atoms with Crippen molar-refractivity contribution in [2.45, 2.75) is 0 Å². The summed E-state index contributed by atoms with van der Waals surface area (Å²) in [6.45, 7) is 0. The first kappa shape index (κ1) is 12.9. The summed E-state index contributed by atoms with van der Waals surface area (Å²) in [6.07, 6.45) is 0.821. The largest absolute Gasteiger partial charge is 0.755 e. The molecular formula is C10H8N3O3S-. The Balaban J connectivity index is 2.72. The third kappa shape index (κ3) is 4.46. The van der Waals surface area contributed by atoms with Crippen molar-refractivity contribution in [1.29, 1.82) is 5.26 Å². The Kier molecular flexibility index (Phi) is 4.87. The van der Waals surface area contributed by atoms with Crippen molar-refractivity contribution in [2.24, 2.45) is 0 Å². The fraction of sp³-hybridized carbons (Fsp3) is 0. The quantitative estimate of drug-likeness (QED) is 0.459. The molecular weight excluding hydrogens is 242 g/mol. The van der Waals surface area contributed by atoms with Crippen molar-refractivity contribution in [3.05, 3.63) is 42.1 Å². The molecule has 1 unspecified atom stereocenters. The van der Waals surface area contributed by atoms with Gasteiger partial charge in [-0.2, -0.15) is 5.26 Å². The van der Waals surface area contributed by atoms with E-state index in [0.717, 1.165) is 6.20 Å². The number of nitriles is 1. The number of hydrogen-bond donors (Lipinski definition) is 2.